The molecule has 0 saturated carbocycles. The third-order valence-electron chi connectivity index (χ3n) is 7.49. The molecule has 0 aliphatic rings. The highest BCUT2D eigenvalue weighted by Gasteiger charge is 2.31. The molecule has 0 radical (unpaired) electrons. The first-order valence-corrected chi connectivity index (χ1v) is 14.5. The molecule has 0 aliphatic heterocycles. The van der Waals surface area contributed by atoms with Gasteiger partial charge < -0.3 is 4.74 Å². The van der Waals surface area contributed by atoms with Crippen molar-refractivity contribution < 1.29 is 4.74 Å². The predicted octanol–water partition coefficient (Wildman–Crippen LogP) is 7.74. The molecule has 216 valence electrons. The summed E-state index contributed by atoms with van der Waals surface area (Å²) in [5.74, 6) is -0.193. The second-order valence-corrected chi connectivity index (χ2v) is 11.3. The highest BCUT2D eigenvalue weighted by atomic mass is 35.5. The molecule has 6 aromatic rings. The van der Waals surface area contributed by atoms with Gasteiger partial charge in [0, 0.05) is 21.5 Å². The molecule has 9 heteroatoms. The minimum atomic E-state index is -0.750. The molecule has 0 spiro atoms. The standard InChI is InChI=1S/C34H28Cl2N4O3/c1-19-6-10-21(11-7-19)31-29(33(41)39-37-31)28(30-32(38-40-34(30)42)22-12-8-20(2)9-13-22)23-4-3-5-26(16-23)43-18-24-14-15-25(35)17-27(24)36/h3-17,28H,18H2,1-2H3,(H2,37,39,41)(H2,38,40,42). The summed E-state index contributed by atoms with van der Waals surface area (Å²) < 4.78 is 6.14. The number of aromatic nitrogens is 4. The SMILES string of the molecule is Cc1ccc(-c2[nH][nH]c(=O)c2C(c2cccc(OCc3ccc(Cl)cc3Cl)c2)c2c(-c3ccc(C)cc3)[nH][nH]c2=O)cc1. The Balaban J connectivity index is 1.51. The van der Waals surface area contributed by atoms with Crippen molar-refractivity contribution in [3.8, 4) is 28.3 Å². The summed E-state index contributed by atoms with van der Waals surface area (Å²) in [6.45, 7) is 4.22. The van der Waals surface area contributed by atoms with Gasteiger partial charge in [-0.05, 0) is 54.8 Å². The largest absolute Gasteiger partial charge is 0.489 e. The van der Waals surface area contributed by atoms with E-state index in [2.05, 4.69) is 20.4 Å². The quantitative estimate of drug-likeness (QED) is 0.142. The number of benzene rings is 4. The molecule has 0 saturated heterocycles. The Morgan fingerprint density at radius 3 is 1.77 bits per heavy atom. The van der Waals surface area contributed by atoms with Gasteiger partial charge in [-0.15, -0.1) is 0 Å². The van der Waals surface area contributed by atoms with Gasteiger partial charge in [-0.3, -0.25) is 30.0 Å². The molecule has 0 aliphatic carbocycles. The van der Waals surface area contributed by atoms with Crippen molar-refractivity contribution in [2.24, 2.45) is 0 Å². The Morgan fingerprint density at radius 1 is 0.674 bits per heavy atom. The van der Waals surface area contributed by atoms with Crippen LogP contribution in [0.25, 0.3) is 22.5 Å². The number of ether oxygens (including phenoxy) is 1. The number of hydrogen-bond donors (Lipinski definition) is 4. The molecule has 6 rings (SSSR count). The van der Waals surface area contributed by atoms with Gasteiger partial charge in [-0.1, -0.05) is 101 Å². The van der Waals surface area contributed by atoms with Crippen molar-refractivity contribution in [3.63, 3.8) is 0 Å². The first-order valence-electron chi connectivity index (χ1n) is 13.7. The zero-order chi connectivity index (χ0) is 30.1. The summed E-state index contributed by atoms with van der Waals surface area (Å²) in [6.07, 6.45) is 0. The van der Waals surface area contributed by atoms with Crippen LogP contribution in [0.1, 0.15) is 39.3 Å². The number of halogens is 2. The molecule has 0 atom stereocenters. The van der Waals surface area contributed by atoms with Crippen molar-refractivity contribution in [2.45, 2.75) is 26.4 Å². The number of rotatable bonds is 8. The Bertz CT molecular complexity index is 1920. The number of aromatic amines is 4. The van der Waals surface area contributed by atoms with Gasteiger partial charge in [0.05, 0.1) is 22.5 Å². The second-order valence-electron chi connectivity index (χ2n) is 10.5. The average Bonchev–Trinajstić information content (AvgIpc) is 3.57. The first-order chi connectivity index (χ1) is 20.8. The Kier molecular flexibility index (Phi) is 7.84. The summed E-state index contributed by atoms with van der Waals surface area (Å²) >= 11 is 12.4. The maximum atomic E-state index is 13.6. The first kappa shape index (κ1) is 28.4. The smallest absolute Gasteiger partial charge is 0.268 e. The fourth-order valence-corrected chi connectivity index (χ4v) is 5.71. The molecule has 43 heavy (non-hydrogen) atoms. The van der Waals surface area contributed by atoms with E-state index in [4.69, 9.17) is 27.9 Å². The van der Waals surface area contributed by atoms with Crippen LogP contribution in [-0.4, -0.2) is 20.4 Å². The van der Waals surface area contributed by atoms with Crippen LogP contribution in [0.5, 0.6) is 5.75 Å². The van der Waals surface area contributed by atoms with Crippen LogP contribution in [0.2, 0.25) is 10.0 Å². The summed E-state index contributed by atoms with van der Waals surface area (Å²) in [5, 5.41) is 12.7. The number of nitrogens with one attached hydrogen (secondary N) is 4. The molecule has 0 amide bonds. The van der Waals surface area contributed by atoms with E-state index in [1.165, 1.54) is 0 Å². The summed E-state index contributed by atoms with van der Waals surface area (Å²) in [6, 6.07) is 28.4. The van der Waals surface area contributed by atoms with Gasteiger partial charge in [-0.2, -0.15) is 0 Å². The second kappa shape index (κ2) is 11.9. The predicted molar refractivity (Wildman–Crippen MR) is 171 cm³/mol. The van der Waals surface area contributed by atoms with Crippen molar-refractivity contribution in [2.75, 3.05) is 0 Å². The molecular formula is C34H28Cl2N4O3. The van der Waals surface area contributed by atoms with E-state index >= 15 is 0 Å². The van der Waals surface area contributed by atoms with Crippen LogP contribution in [0.3, 0.4) is 0 Å². The van der Waals surface area contributed by atoms with Crippen LogP contribution in [0.15, 0.2) is 101 Å². The van der Waals surface area contributed by atoms with Gasteiger partial charge in [-0.25, -0.2) is 0 Å². The van der Waals surface area contributed by atoms with E-state index in [-0.39, 0.29) is 17.7 Å². The van der Waals surface area contributed by atoms with Crippen LogP contribution < -0.4 is 15.9 Å². The van der Waals surface area contributed by atoms with Gasteiger partial charge in [0.1, 0.15) is 12.4 Å². The van der Waals surface area contributed by atoms with Crippen LogP contribution >= 0.6 is 23.2 Å². The summed E-state index contributed by atoms with van der Waals surface area (Å²) in [4.78, 5) is 27.2. The molecule has 0 fully saturated rings. The fourth-order valence-electron chi connectivity index (χ4n) is 5.24. The molecular weight excluding hydrogens is 583 g/mol. The van der Waals surface area contributed by atoms with Crippen LogP contribution in [0, 0.1) is 13.8 Å². The topological polar surface area (TPSA) is 107 Å². The Labute approximate surface area is 257 Å². The van der Waals surface area contributed by atoms with Crippen molar-refractivity contribution in [1.29, 1.82) is 0 Å². The van der Waals surface area contributed by atoms with Crippen molar-refractivity contribution >= 4 is 23.2 Å². The molecule has 7 nitrogen and oxygen atoms in total. The number of hydrogen-bond acceptors (Lipinski definition) is 3. The lowest BCUT2D eigenvalue weighted by atomic mass is 9.83. The third-order valence-corrected chi connectivity index (χ3v) is 8.08. The molecule has 0 bridgehead atoms. The summed E-state index contributed by atoms with van der Waals surface area (Å²) in [7, 11) is 0. The van der Waals surface area contributed by atoms with E-state index < -0.39 is 5.92 Å². The zero-order valence-corrected chi connectivity index (χ0v) is 24.9. The number of aryl methyl sites for hydroxylation is 2. The Morgan fingerprint density at radius 2 is 1.23 bits per heavy atom. The zero-order valence-electron chi connectivity index (χ0n) is 23.4. The van der Waals surface area contributed by atoms with Gasteiger partial charge in [0.25, 0.3) is 11.1 Å². The minimum absolute atomic E-state index is 0.211. The number of H-pyrrole nitrogens is 4. The fraction of sp³-hybridized carbons (Fsp3) is 0.118. The normalized spacial score (nSPS) is 11.3. The highest BCUT2D eigenvalue weighted by Crippen LogP contribution is 2.38. The average molecular weight is 612 g/mol. The van der Waals surface area contributed by atoms with E-state index in [0.717, 1.165) is 27.8 Å². The lowest BCUT2D eigenvalue weighted by Crippen LogP contribution is -2.20. The van der Waals surface area contributed by atoms with E-state index in [9.17, 15) is 9.59 Å². The summed E-state index contributed by atoms with van der Waals surface area (Å²) in [5.41, 5.74) is 6.69. The van der Waals surface area contributed by atoms with Crippen molar-refractivity contribution in [3.05, 3.63) is 155 Å². The van der Waals surface area contributed by atoms with Crippen LogP contribution in [0.4, 0.5) is 0 Å². The minimum Gasteiger partial charge on any atom is -0.489 e. The molecule has 2 aromatic heterocycles. The Hall–Kier alpha value is -4.72. The lowest BCUT2D eigenvalue weighted by molar-refractivity contribution is 0.306. The van der Waals surface area contributed by atoms with E-state index in [1.54, 1.807) is 12.1 Å². The monoisotopic (exact) mass is 610 g/mol. The maximum Gasteiger partial charge on any atom is 0.268 e. The maximum absolute atomic E-state index is 13.6. The van der Waals surface area contributed by atoms with Gasteiger partial charge in [0.15, 0.2) is 0 Å². The molecule has 4 N–H and O–H groups in total. The molecule has 0 unspecified atom stereocenters. The molecule has 2 heterocycles. The third kappa shape index (κ3) is 5.82. The molecule has 4 aromatic carbocycles. The van der Waals surface area contributed by atoms with Gasteiger partial charge in [0.2, 0.25) is 0 Å². The van der Waals surface area contributed by atoms with E-state index in [0.29, 0.717) is 43.9 Å². The van der Waals surface area contributed by atoms with Gasteiger partial charge >= 0.3 is 0 Å². The highest BCUT2D eigenvalue weighted by molar-refractivity contribution is 6.35. The van der Waals surface area contributed by atoms with E-state index in [1.807, 2.05) is 92.7 Å². The van der Waals surface area contributed by atoms with Crippen LogP contribution in [-0.2, 0) is 6.61 Å². The van der Waals surface area contributed by atoms with Crippen molar-refractivity contribution in [1.82, 2.24) is 20.4 Å². The lowest BCUT2D eigenvalue weighted by Gasteiger charge is -2.19.